The molecule has 0 fully saturated rings. The number of hydrogen-bond acceptors (Lipinski definition) is 4. The van der Waals surface area contributed by atoms with E-state index in [0.717, 1.165) is 0 Å². The van der Waals surface area contributed by atoms with Crippen LogP contribution >= 0.6 is 23.8 Å². The van der Waals surface area contributed by atoms with Gasteiger partial charge in [-0.15, -0.1) is 0 Å². The van der Waals surface area contributed by atoms with Crippen molar-refractivity contribution >= 4 is 40.5 Å². The molecule has 1 heterocycles. The van der Waals surface area contributed by atoms with Crippen LogP contribution in [0.25, 0.3) is 0 Å². The van der Waals surface area contributed by atoms with Crippen molar-refractivity contribution in [3.05, 3.63) is 58.4 Å². The molecule has 0 saturated carbocycles. The zero-order chi connectivity index (χ0) is 18.8. The van der Waals surface area contributed by atoms with Gasteiger partial charge in [-0.1, -0.05) is 36.0 Å². The van der Waals surface area contributed by atoms with E-state index in [1.807, 2.05) is 0 Å². The number of hydrogen-bond donors (Lipinski definition) is 2. The van der Waals surface area contributed by atoms with Crippen LogP contribution in [0.2, 0.25) is 5.02 Å². The highest BCUT2D eigenvalue weighted by molar-refractivity contribution is 7.80. The topological polar surface area (TPSA) is 67.8 Å². The third-order valence-electron chi connectivity index (χ3n) is 4.00. The van der Waals surface area contributed by atoms with E-state index in [9.17, 15) is 9.18 Å². The first-order valence-electron chi connectivity index (χ1n) is 7.70. The van der Waals surface area contributed by atoms with Crippen LogP contribution in [0.4, 0.5) is 10.1 Å². The van der Waals surface area contributed by atoms with Crippen LogP contribution in [-0.4, -0.2) is 29.3 Å². The van der Waals surface area contributed by atoms with Gasteiger partial charge in [0.1, 0.15) is 28.8 Å². The maximum absolute atomic E-state index is 13.9. The monoisotopic (exact) mass is 395 g/mol. The van der Waals surface area contributed by atoms with Crippen LogP contribution in [0.3, 0.4) is 0 Å². The number of carboxylic acids is 1. The standard InChI is InChI=1S/C18H15ClFNO4S/c1-24-13-4-2-3-10(16(13)19)17-11-7-9(20)5-6-12(11)21-18(26)14(25-17)8-15(22)23/h2-7,14,17H,8H2,1H3,(H,21,26)(H,22,23)/t14-,17-/m1/s1. The van der Waals surface area contributed by atoms with Crippen LogP contribution in [0.15, 0.2) is 36.4 Å². The highest BCUT2D eigenvalue weighted by atomic mass is 35.5. The van der Waals surface area contributed by atoms with Crippen LogP contribution in [-0.2, 0) is 9.53 Å². The predicted molar refractivity (Wildman–Crippen MR) is 99.6 cm³/mol. The molecule has 0 aromatic heterocycles. The molecule has 0 spiro atoms. The van der Waals surface area contributed by atoms with Crippen LogP contribution in [0.5, 0.6) is 5.75 Å². The molecule has 0 bridgehead atoms. The normalized spacial score (nSPS) is 19.3. The van der Waals surface area contributed by atoms with Gasteiger partial charge in [-0.05, 0) is 24.3 Å². The molecule has 0 aliphatic carbocycles. The third-order valence-corrected chi connectivity index (χ3v) is 4.77. The van der Waals surface area contributed by atoms with Gasteiger partial charge in [-0.3, -0.25) is 4.79 Å². The summed E-state index contributed by atoms with van der Waals surface area (Å²) < 4.78 is 25.1. The van der Waals surface area contributed by atoms with Gasteiger partial charge in [-0.25, -0.2) is 4.39 Å². The fourth-order valence-electron chi connectivity index (χ4n) is 2.81. The Morgan fingerprint density at radius 1 is 1.38 bits per heavy atom. The number of aliphatic carboxylic acids is 1. The van der Waals surface area contributed by atoms with Gasteiger partial charge in [0.2, 0.25) is 0 Å². The Balaban J connectivity index is 2.15. The smallest absolute Gasteiger partial charge is 0.306 e. The second kappa shape index (κ2) is 7.57. The van der Waals surface area contributed by atoms with Crippen LogP contribution in [0.1, 0.15) is 23.7 Å². The summed E-state index contributed by atoms with van der Waals surface area (Å²) in [6, 6.07) is 9.27. The van der Waals surface area contributed by atoms with Crippen molar-refractivity contribution < 1.29 is 23.8 Å². The van der Waals surface area contributed by atoms with Crippen molar-refractivity contribution in [1.82, 2.24) is 0 Å². The number of fused-ring (bicyclic) bond motifs is 1. The molecule has 3 rings (SSSR count). The highest BCUT2D eigenvalue weighted by Gasteiger charge is 2.32. The minimum atomic E-state index is -1.06. The lowest BCUT2D eigenvalue weighted by molar-refractivity contribution is -0.139. The Bertz CT molecular complexity index is 876. The van der Waals surface area contributed by atoms with Gasteiger partial charge in [0.05, 0.1) is 18.6 Å². The Kier molecular flexibility index (Phi) is 5.41. The van der Waals surface area contributed by atoms with E-state index in [1.165, 1.54) is 25.3 Å². The van der Waals surface area contributed by atoms with Crippen molar-refractivity contribution in [2.75, 3.05) is 12.4 Å². The molecule has 0 amide bonds. The average molecular weight is 396 g/mol. The first kappa shape index (κ1) is 18.6. The highest BCUT2D eigenvalue weighted by Crippen LogP contribution is 2.41. The lowest BCUT2D eigenvalue weighted by atomic mass is 9.99. The summed E-state index contributed by atoms with van der Waals surface area (Å²) in [6.07, 6.45) is -2.05. The number of halogens is 2. The van der Waals surface area contributed by atoms with Crippen molar-refractivity contribution in [2.45, 2.75) is 18.6 Å². The quantitative estimate of drug-likeness (QED) is 0.756. The lowest BCUT2D eigenvalue weighted by Gasteiger charge is -2.23. The molecule has 2 N–H and O–H groups in total. The van der Waals surface area contributed by atoms with E-state index >= 15 is 0 Å². The second-order valence-electron chi connectivity index (χ2n) is 5.69. The molecule has 2 atom stereocenters. The second-order valence-corrected chi connectivity index (χ2v) is 6.50. The first-order valence-corrected chi connectivity index (χ1v) is 8.49. The summed E-state index contributed by atoms with van der Waals surface area (Å²) in [6.45, 7) is 0. The number of rotatable bonds is 4. The maximum atomic E-state index is 13.9. The molecule has 0 saturated heterocycles. The van der Waals surface area contributed by atoms with Gasteiger partial charge < -0.3 is 19.9 Å². The molecule has 26 heavy (non-hydrogen) atoms. The molecular formula is C18H15ClFNO4S. The van der Waals surface area contributed by atoms with Gasteiger partial charge in [0.25, 0.3) is 0 Å². The van der Waals surface area contributed by atoms with Crippen LogP contribution in [0, 0.1) is 5.82 Å². The van der Waals surface area contributed by atoms with E-state index in [-0.39, 0.29) is 11.4 Å². The molecule has 1 aliphatic heterocycles. The minimum Gasteiger partial charge on any atom is -0.495 e. The summed E-state index contributed by atoms with van der Waals surface area (Å²) in [7, 11) is 1.48. The summed E-state index contributed by atoms with van der Waals surface area (Å²) in [5.74, 6) is -1.09. The Morgan fingerprint density at radius 2 is 2.15 bits per heavy atom. The molecule has 2 aromatic rings. The average Bonchev–Trinajstić information content (AvgIpc) is 2.72. The molecule has 0 radical (unpaired) electrons. The Hall–Kier alpha value is -2.22. The number of carbonyl (C=O) groups is 1. The Morgan fingerprint density at radius 3 is 2.85 bits per heavy atom. The zero-order valence-corrected chi connectivity index (χ0v) is 15.2. The largest absolute Gasteiger partial charge is 0.495 e. The minimum absolute atomic E-state index is 0.210. The fourth-order valence-corrected chi connectivity index (χ4v) is 3.36. The summed E-state index contributed by atoms with van der Waals surface area (Å²) in [5, 5.41) is 12.4. The predicted octanol–water partition coefficient (Wildman–Crippen LogP) is 4.19. The lowest BCUT2D eigenvalue weighted by Crippen LogP contribution is -2.30. The molecule has 5 nitrogen and oxygen atoms in total. The molecular weight excluding hydrogens is 381 g/mol. The van der Waals surface area contributed by atoms with Crippen molar-refractivity contribution in [3.63, 3.8) is 0 Å². The van der Waals surface area contributed by atoms with Gasteiger partial charge in [0, 0.05) is 16.8 Å². The van der Waals surface area contributed by atoms with E-state index < -0.39 is 24.0 Å². The molecule has 2 aromatic carbocycles. The SMILES string of the molecule is COc1cccc([C@H]2O[C@H](CC(=O)O)C(=S)Nc3ccc(F)cc32)c1Cl. The summed E-state index contributed by atoms with van der Waals surface area (Å²) >= 11 is 11.7. The Labute approximate surface area is 159 Å². The number of methoxy groups -OCH3 is 1. The number of thiocarbonyl (C=S) groups is 1. The number of benzene rings is 2. The van der Waals surface area contributed by atoms with E-state index in [0.29, 0.717) is 27.6 Å². The number of nitrogens with one attached hydrogen (secondary N) is 1. The van der Waals surface area contributed by atoms with Gasteiger partial charge >= 0.3 is 5.97 Å². The fraction of sp³-hybridized carbons (Fsp3) is 0.222. The molecule has 8 heteroatoms. The number of carboxylic acid groups (broad SMARTS) is 1. The molecule has 0 unspecified atom stereocenters. The van der Waals surface area contributed by atoms with Crippen molar-refractivity contribution in [1.29, 1.82) is 0 Å². The van der Waals surface area contributed by atoms with Crippen molar-refractivity contribution in [3.8, 4) is 5.75 Å². The van der Waals surface area contributed by atoms with Crippen molar-refractivity contribution in [2.24, 2.45) is 0 Å². The van der Waals surface area contributed by atoms with E-state index in [2.05, 4.69) is 5.32 Å². The van der Waals surface area contributed by atoms with Gasteiger partial charge in [-0.2, -0.15) is 0 Å². The number of anilines is 1. The summed E-state index contributed by atoms with van der Waals surface area (Å²) in [5.41, 5.74) is 1.53. The third kappa shape index (κ3) is 3.65. The first-order chi connectivity index (χ1) is 12.4. The van der Waals surface area contributed by atoms with E-state index in [1.54, 1.807) is 18.2 Å². The number of ether oxygens (including phenoxy) is 2. The van der Waals surface area contributed by atoms with E-state index in [4.69, 9.17) is 38.4 Å². The molecule has 1 aliphatic rings. The molecule has 136 valence electrons. The summed E-state index contributed by atoms with van der Waals surface area (Å²) in [4.78, 5) is 11.4. The van der Waals surface area contributed by atoms with Crippen LogP contribution < -0.4 is 10.1 Å². The van der Waals surface area contributed by atoms with Gasteiger partial charge in [0.15, 0.2) is 0 Å². The maximum Gasteiger partial charge on any atom is 0.306 e. The zero-order valence-electron chi connectivity index (χ0n) is 13.7.